The lowest BCUT2D eigenvalue weighted by Gasteiger charge is -2.25. The fourth-order valence-corrected chi connectivity index (χ4v) is 3.24. The molecule has 1 rings (SSSR count). The number of carbonyl (C=O) groups excluding carboxylic acids is 5. The summed E-state index contributed by atoms with van der Waals surface area (Å²) in [5.74, 6) is -3.80. The van der Waals surface area contributed by atoms with E-state index in [2.05, 4.69) is 30.7 Å². The zero-order chi connectivity index (χ0) is 28.0. The molecule has 1 aromatic carbocycles. The van der Waals surface area contributed by atoms with Gasteiger partial charge in [0.25, 0.3) is 0 Å². The number of ether oxygens (including phenoxy) is 2. The average molecular weight is 522 g/mol. The zero-order valence-electron chi connectivity index (χ0n) is 21.4. The van der Waals surface area contributed by atoms with E-state index >= 15 is 0 Å². The third-order valence-electron chi connectivity index (χ3n) is 5.44. The summed E-state index contributed by atoms with van der Waals surface area (Å²) in [4.78, 5) is 61.4. The number of hydrogen-bond donors (Lipinski definition) is 6. The Morgan fingerprint density at radius 3 is 2.03 bits per heavy atom. The van der Waals surface area contributed by atoms with Gasteiger partial charge < -0.3 is 40.8 Å². The molecule has 0 aliphatic carbocycles. The summed E-state index contributed by atoms with van der Waals surface area (Å²) in [6.45, 7) is 3.05. The van der Waals surface area contributed by atoms with Gasteiger partial charge in [-0.1, -0.05) is 37.3 Å². The highest BCUT2D eigenvalue weighted by Crippen LogP contribution is 2.06. The van der Waals surface area contributed by atoms with Gasteiger partial charge >= 0.3 is 19.2 Å². The van der Waals surface area contributed by atoms with Crippen molar-refractivity contribution in [3.63, 3.8) is 0 Å². The molecule has 0 saturated heterocycles. The number of esters is 1. The van der Waals surface area contributed by atoms with E-state index in [0.29, 0.717) is 0 Å². The van der Waals surface area contributed by atoms with Crippen molar-refractivity contribution in [2.45, 2.75) is 63.6 Å². The normalized spacial score (nSPS) is 13.7. The van der Waals surface area contributed by atoms with Gasteiger partial charge in [0, 0.05) is 12.8 Å². The summed E-state index contributed by atoms with van der Waals surface area (Å²) in [5, 5.41) is 28.9. The quantitative estimate of drug-likeness (QED) is 0.129. The minimum atomic E-state index is -1.95. The van der Waals surface area contributed by atoms with Crippen LogP contribution >= 0.6 is 0 Å². The number of carbonyl (C=O) groups is 5. The van der Waals surface area contributed by atoms with E-state index in [9.17, 15) is 34.0 Å². The second-order valence-electron chi connectivity index (χ2n) is 8.22. The van der Waals surface area contributed by atoms with Gasteiger partial charge in [0.2, 0.25) is 17.7 Å². The third-order valence-corrected chi connectivity index (χ3v) is 5.44. The fourth-order valence-electron chi connectivity index (χ4n) is 3.24. The topological polar surface area (TPSA) is 192 Å². The molecule has 4 amide bonds. The van der Waals surface area contributed by atoms with Crippen molar-refractivity contribution < 1.29 is 43.5 Å². The summed E-state index contributed by atoms with van der Waals surface area (Å²) >= 11 is 0. The summed E-state index contributed by atoms with van der Waals surface area (Å²) in [6, 6.07) is 5.68. The van der Waals surface area contributed by atoms with Crippen LogP contribution in [-0.4, -0.2) is 85.2 Å². The molecule has 37 heavy (non-hydrogen) atoms. The van der Waals surface area contributed by atoms with Crippen LogP contribution < -0.4 is 21.3 Å². The smallest absolute Gasteiger partial charge is 0.469 e. The minimum Gasteiger partial charge on any atom is -0.469 e. The van der Waals surface area contributed by atoms with Crippen LogP contribution in [0.3, 0.4) is 0 Å². The molecule has 0 bridgehead atoms. The van der Waals surface area contributed by atoms with E-state index in [1.54, 1.807) is 37.3 Å². The van der Waals surface area contributed by atoms with E-state index in [1.165, 1.54) is 14.0 Å². The van der Waals surface area contributed by atoms with Crippen LogP contribution in [0.2, 0.25) is 0 Å². The molecule has 0 aromatic heterocycles. The molecule has 0 aliphatic heterocycles. The van der Waals surface area contributed by atoms with Gasteiger partial charge in [0.15, 0.2) is 0 Å². The Morgan fingerprint density at radius 2 is 1.49 bits per heavy atom. The van der Waals surface area contributed by atoms with Gasteiger partial charge in [-0.3, -0.25) is 19.2 Å². The Balaban J connectivity index is 2.93. The summed E-state index contributed by atoms with van der Waals surface area (Å²) in [5.41, 5.74) is 0.736. The van der Waals surface area contributed by atoms with E-state index in [4.69, 9.17) is 0 Å². The summed E-state index contributed by atoms with van der Waals surface area (Å²) in [6.07, 6.45) is -0.740. The first kappa shape index (κ1) is 31.4. The number of alkyl carbamates (subject to hydrolysis) is 1. The molecule has 0 aliphatic rings. The maximum Gasteiger partial charge on any atom is 0.475 e. The van der Waals surface area contributed by atoms with Crippen molar-refractivity contribution in [3.8, 4) is 0 Å². The summed E-state index contributed by atoms with van der Waals surface area (Å²) < 4.78 is 9.04. The van der Waals surface area contributed by atoms with Crippen LogP contribution in [0.1, 0.15) is 38.7 Å². The molecule has 13 nitrogen and oxygen atoms in total. The first-order valence-electron chi connectivity index (χ1n) is 11.7. The number of amides is 4. The van der Waals surface area contributed by atoms with Crippen molar-refractivity contribution in [2.24, 2.45) is 0 Å². The average Bonchev–Trinajstić information content (AvgIpc) is 2.88. The molecule has 0 spiro atoms. The van der Waals surface area contributed by atoms with Gasteiger partial charge in [0.1, 0.15) is 18.1 Å². The number of rotatable bonds is 14. The van der Waals surface area contributed by atoms with Gasteiger partial charge in [-0.05, 0) is 25.3 Å². The van der Waals surface area contributed by atoms with Gasteiger partial charge in [-0.25, -0.2) is 4.79 Å². The highest BCUT2D eigenvalue weighted by molar-refractivity contribution is 6.43. The maximum atomic E-state index is 13.1. The maximum absolute atomic E-state index is 13.1. The second-order valence-corrected chi connectivity index (χ2v) is 8.22. The van der Waals surface area contributed by atoms with Crippen LogP contribution in [0, 0.1) is 0 Å². The predicted octanol–water partition coefficient (Wildman–Crippen LogP) is -1.20. The number of benzene rings is 1. The number of hydrogen-bond acceptors (Lipinski definition) is 9. The van der Waals surface area contributed by atoms with Crippen LogP contribution in [0.5, 0.6) is 0 Å². The van der Waals surface area contributed by atoms with Crippen LogP contribution in [0.25, 0.3) is 0 Å². The first-order valence-corrected chi connectivity index (χ1v) is 11.7. The van der Waals surface area contributed by atoms with Gasteiger partial charge in [0.05, 0.1) is 20.2 Å². The zero-order valence-corrected chi connectivity index (χ0v) is 21.4. The second kappa shape index (κ2) is 16.2. The molecular formula is C23H35BN4O9. The Morgan fingerprint density at radius 1 is 0.865 bits per heavy atom. The van der Waals surface area contributed by atoms with Crippen molar-refractivity contribution in [1.82, 2.24) is 21.3 Å². The Kier molecular flexibility index (Phi) is 13.7. The number of methoxy groups -OCH3 is 2. The largest absolute Gasteiger partial charge is 0.475 e. The van der Waals surface area contributed by atoms with E-state index in [-0.39, 0.29) is 25.7 Å². The van der Waals surface area contributed by atoms with Crippen molar-refractivity contribution in [1.29, 1.82) is 0 Å². The minimum absolute atomic E-state index is 0.0958. The molecule has 4 atom stereocenters. The molecule has 1 aromatic rings. The Hall–Kier alpha value is -3.65. The highest BCUT2D eigenvalue weighted by atomic mass is 16.5. The van der Waals surface area contributed by atoms with Crippen LogP contribution in [0.4, 0.5) is 4.79 Å². The molecule has 4 unspecified atom stereocenters. The lowest BCUT2D eigenvalue weighted by atomic mass is 9.76. The predicted molar refractivity (Wildman–Crippen MR) is 133 cm³/mol. The molecule has 204 valence electrons. The first-order chi connectivity index (χ1) is 17.5. The van der Waals surface area contributed by atoms with Crippen molar-refractivity contribution in [3.05, 3.63) is 35.9 Å². The van der Waals surface area contributed by atoms with Gasteiger partial charge in [-0.2, -0.15) is 0 Å². The Labute approximate surface area is 215 Å². The van der Waals surface area contributed by atoms with Crippen molar-refractivity contribution >= 4 is 36.9 Å². The SMILES string of the molecule is CCC(NC(=O)OC)C(=O)NC(Cc1ccccc1)C(=O)NC(C)C(=O)NC(CCC(=O)OC)B(O)O. The van der Waals surface area contributed by atoms with Crippen molar-refractivity contribution in [2.75, 3.05) is 14.2 Å². The summed E-state index contributed by atoms with van der Waals surface area (Å²) in [7, 11) is 0.394. The van der Waals surface area contributed by atoms with E-state index in [0.717, 1.165) is 12.7 Å². The van der Waals surface area contributed by atoms with Crippen LogP contribution in [0.15, 0.2) is 30.3 Å². The lowest BCUT2D eigenvalue weighted by molar-refractivity contribution is -0.141. The van der Waals surface area contributed by atoms with E-state index < -0.39 is 61.0 Å². The fraction of sp³-hybridized carbons (Fsp3) is 0.522. The monoisotopic (exact) mass is 522 g/mol. The Bertz CT molecular complexity index is 917. The van der Waals surface area contributed by atoms with Gasteiger partial charge in [-0.15, -0.1) is 0 Å². The molecule has 6 N–H and O–H groups in total. The highest BCUT2D eigenvalue weighted by Gasteiger charge is 2.31. The number of nitrogens with one attached hydrogen (secondary N) is 4. The van der Waals surface area contributed by atoms with E-state index in [1.807, 2.05) is 0 Å². The molecule has 14 heteroatoms. The standard InChI is InChI=1S/C23H35BN4O9/c1-5-16(27-23(33)37-4)21(31)26-17(13-15-9-7-6-8-10-15)22(32)25-14(2)20(30)28-18(24(34)35)11-12-19(29)36-3/h6-10,14,16-18,34-35H,5,11-13H2,1-4H3,(H,25,32)(H,26,31)(H,27,33)(H,28,30). The van der Waals surface area contributed by atoms with Crippen LogP contribution in [-0.2, 0) is 35.1 Å². The molecule has 0 fully saturated rings. The third kappa shape index (κ3) is 11.3. The molecule has 0 saturated carbocycles. The molecule has 0 heterocycles. The molecule has 0 radical (unpaired) electrons. The lowest BCUT2D eigenvalue weighted by Crippen LogP contribution is -2.58. The molecular weight excluding hydrogens is 487 g/mol.